The van der Waals surface area contributed by atoms with Crippen molar-refractivity contribution >= 4 is 28.3 Å². The predicted molar refractivity (Wildman–Crippen MR) is 99.2 cm³/mol. The van der Waals surface area contributed by atoms with Gasteiger partial charge < -0.3 is 19.5 Å². The third-order valence-corrected chi connectivity index (χ3v) is 4.54. The van der Waals surface area contributed by atoms with Crippen LogP contribution in [0.3, 0.4) is 0 Å². The molecule has 0 saturated heterocycles. The average Bonchev–Trinajstić information content (AvgIpc) is 3.14. The van der Waals surface area contributed by atoms with Gasteiger partial charge in [-0.25, -0.2) is 0 Å². The summed E-state index contributed by atoms with van der Waals surface area (Å²) in [5.74, 6) is 1.56. The Morgan fingerprint density at radius 1 is 1.12 bits per heavy atom. The zero-order chi connectivity index (χ0) is 18.1. The van der Waals surface area contributed by atoms with E-state index in [1.165, 1.54) is 0 Å². The van der Waals surface area contributed by atoms with E-state index in [-0.39, 0.29) is 12.7 Å². The van der Waals surface area contributed by atoms with Gasteiger partial charge >= 0.3 is 0 Å². The molecular formula is C20H16ClNO4. The summed E-state index contributed by atoms with van der Waals surface area (Å²) in [6, 6.07) is 15.1. The molecule has 1 aliphatic rings. The van der Waals surface area contributed by atoms with Crippen LogP contribution in [0.5, 0.6) is 17.2 Å². The summed E-state index contributed by atoms with van der Waals surface area (Å²) >= 11 is 6.13. The Balaban J connectivity index is 1.49. The first-order valence-electron chi connectivity index (χ1n) is 8.08. The van der Waals surface area contributed by atoms with Gasteiger partial charge in [0.2, 0.25) is 6.79 Å². The summed E-state index contributed by atoms with van der Waals surface area (Å²) in [5.41, 5.74) is 1.44. The third-order valence-electron chi connectivity index (χ3n) is 4.25. The van der Waals surface area contributed by atoms with E-state index in [1.807, 2.05) is 36.4 Å². The Hall–Kier alpha value is -2.92. The second kappa shape index (κ2) is 6.77. The van der Waals surface area contributed by atoms with Gasteiger partial charge in [0.15, 0.2) is 11.5 Å². The van der Waals surface area contributed by atoms with E-state index in [4.69, 9.17) is 25.8 Å². The number of methoxy groups -OCH3 is 1. The van der Waals surface area contributed by atoms with Gasteiger partial charge in [-0.1, -0.05) is 29.8 Å². The molecule has 0 aromatic heterocycles. The molecule has 5 nitrogen and oxygen atoms in total. The molecule has 0 bridgehead atoms. The number of carbonyl (C=O) groups excluding carboxylic acids is 1. The summed E-state index contributed by atoms with van der Waals surface area (Å²) in [4.78, 5) is 12.4. The molecule has 3 aromatic carbocycles. The number of amides is 1. The maximum absolute atomic E-state index is 12.4. The lowest BCUT2D eigenvalue weighted by atomic mass is 10.1. The van der Waals surface area contributed by atoms with Crippen LogP contribution in [0.2, 0.25) is 5.02 Å². The lowest BCUT2D eigenvalue weighted by Crippen LogP contribution is -2.22. The topological polar surface area (TPSA) is 56.8 Å². The van der Waals surface area contributed by atoms with Crippen molar-refractivity contribution in [1.29, 1.82) is 0 Å². The Kier molecular flexibility index (Phi) is 4.31. The van der Waals surface area contributed by atoms with Crippen molar-refractivity contribution in [2.24, 2.45) is 0 Å². The molecule has 0 unspecified atom stereocenters. The Morgan fingerprint density at radius 3 is 2.77 bits per heavy atom. The van der Waals surface area contributed by atoms with Gasteiger partial charge in [0, 0.05) is 12.1 Å². The van der Waals surface area contributed by atoms with Crippen molar-refractivity contribution in [2.75, 3.05) is 13.9 Å². The number of benzene rings is 3. The van der Waals surface area contributed by atoms with Gasteiger partial charge in [0.05, 0.1) is 12.1 Å². The van der Waals surface area contributed by atoms with Crippen molar-refractivity contribution in [3.8, 4) is 17.2 Å². The second-order valence-corrected chi connectivity index (χ2v) is 6.33. The lowest BCUT2D eigenvalue weighted by Gasteiger charge is -2.09. The molecule has 0 fully saturated rings. The monoisotopic (exact) mass is 369 g/mol. The van der Waals surface area contributed by atoms with Crippen molar-refractivity contribution in [1.82, 2.24) is 5.32 Å². The molecule has 3 aromatic rings. The third kappa shape index (κ3) is 3.13. The predicted octanol–water partition coefficient (Wildman–Crippen LogP) is 4.16. The summed E-state index contributed by atoms with van der Waals surface area (Å²) in [6.45, 7) is 0.523. The van der Waals surface area contributed by atoms with E-state index in [0.29, 0.717) is 28.6 Å². The van der Waals surface area contributed by atoms with Gasteiger partial charge in [0.25, 0.3) is 5.91 Å². The highest BCUT2D eigenvalue weighted by molar-refractivity contribution is 6.32. The fourth-order valence-corrected chi connectivity index (χ4v) is 3.16. The molecule has 0 spiro atoms. The van der Waals surface area contributed by atoms with Gasteiger partial charge in [-0.05, 0) is 46.7 Å². The summed E-state index contributed by atoms with van der Waals surface area (Å²) in [7, 11) is 1.65. The van der Waals surface area contributed by atoms with E-state index in [0.717, 1.165) is 22.1 Å². The summed E-state index contributed by atoms with van der Waals surface area (Å²) in [5, 5.41) is 5.44. The van der Waals surface area contributed by atoms with Crippen LogP contribution in [0.4, 0.5) is 0 Å². The number of hydrogen-bond donors (Lipinski definition) is 1. The number of fused-ring (bicyclic) bond motifs is 2. The Morgan fingerprint density at radius 2 is 1.92 bits per heavy atom. The van der Waals surface area contributed by atoms with Gasteiger partial charge in [-0.15, -0.1) is 0 Å². The van der Waals surface area contributed by atoms with E-state index in [1.54, 1.807) is 19.2 Å². The zero-order valence-electron chi connectivity index (χ0n) is 14.0. The second-order valence-electron chi connectivity index (χ2n) is 5.92. The van der Waals surface area contributed by atoms with Gasteiger partial charge in [-0.2, -0.15) is 0 Å². The standard InChI is InChI=1S/C20H16ClNO4/c1-24-16-5-4-13-6-12(2-3-14(13)7-16)10-22-20(23)15-8-17(21)19-18(9-15)25-11-26-19/h2-9H,10-11H2,1H3,(H,22,23). The molecule has 1 aliphatic heterocycles. The van der Waals surface area contributed by atoms with Crippen LogP contribution in [0.25, 0.3) is 10.8 Å². The number of ether oxygens (including phenoxy) is 3. The number of halogens is 1. The molecule has 0 saturated carbocycles. The summed E-state index contributed by atoms with van der Waals surface area (Å²) in [6.07, 6.45) is 0. The van der Waals surface area contributed by atoms with Crippen LogP contribution >= 0.6 is 11.6 Å². The van der Waals surface area contributed by atoms with Gasteiger partial charge in [-0.3, -0.25) is 4.79 Å². The fraction of sp³-hybridized carbons (Fsp3) is 0.150. The van der Waals surface area contributed by atoms with Crippen LogP contribution in [-0.2, 0) is 6.54 Å². The van der Waals surface area contributed by atoms with Gasteiger partial charge in [0.1, 0.15) is 5.75 Å². The molecule has 1 amide bonds. The molecule has 0 radical (unpaired) electrons. The van der Waals surface area contributed by atoms with Crippen molar-refractivity contribution in [3.05, 3.63) is 64.7 Å². The van der Waals surface area contributed by atoms with Crippen molar-refractivity contribution in [3.63, 3.8) is 0 Å². The quantitative estimate of drug-likeness (QED) is 0.750. The van der Waals surface area contributed by atoms with Crippen molar-refractivity contribution in [2.45, 2.75) is 6.54 Å². The Labute approximate surface area is 155 Å². The molecule has 4 rings (SSSR count). The molecule has 6 heteroatoms. The highest BCUT2D eigenvalue weighted by Crippen LogP contribution is 2.39. The van der Waals surface area contributed by atoms with Crippen LogP contribution < -0.4 is 19.5 Å². The minimum atomic E-state index is -0.222. The first-order valence-corrected chi connectivity index (χ1v) is 8.46. The van der Waals surface area contributed by atoms with Crippen LogP contribution in [-0.4, -0.2) is 19.8 Å². The SMILES string of the molecule is COc1ccc2cc(CNC(=O)c3cc(Cl)c4c(c3)OCO4)ccc2c1. The molecule has 26 heavy (non-hydrogen) atoms. The molecule has 0 aliphatic carbocycles. The minimum absolute atomic E-state index is 0.113. The smallest absolute Gasteiger partial charge is 0.251 e. The van der Waals surface area contributed by atoms with E-state index in [2.05, 4.69) is 5.32 Å². The number of carbonyl (C=O) groups is 1. The lowest BCUT2D eigenvalue weighted by molar-refractivity contribution is 0.0950. The van der Waals surface area contributed by atoms with Crippen LogP contribution in [0, 0.1) is 0 Å². The van der Waals surface area contributed by atoms with E-state index in [9.17, 15) is 4.79 Å². The number of nitrogens with one attached hydrogen (secondary N) is 1. The van der Waals surface area contributed by atoms with E-state index < -0.39 is 0 Å². The number of rotatable bonds is 4. The average molecular weight is 370 g/mol. The minimum Gasteiger partial charge on any atom is -0.497 e. The zero-order valence-corrected chi connectivity index (χ0v) is 14.8. The maximum Gasteiger partial charge on any atom is 0.251 e. The maximum atomic E-state index is 12.4. The molecule has 1 N–H and O–H groups in total. The van der Waals surface area contributed by atoms with Crippen LogP contribution in [0.15, 0.2) is 48.5 Å². The van der Waals surface area contributed by atoms with Crippen LogP contribution in [0.1, 0.15) is 15.9 Å². The first kappa shape index (κ1) is 16.5. The normalized spacial score (nSPS) is 12.2. The Bertz CT molecular complexity index is 1000. The first-order chi connectivity index (χ1) is 12.6. The highest BCUT2D eigenvalue weighted by Gasteiger charge is 2.20. The molecule has 132 valence electrons. The number of hydrogen-bond acceptors (Lipinski definition) is 4. The largest absolute Gasteiger partial charge is 0.497 e. The van der Waals surface area contributed by atoms with Crippen molar-refractivity contribution < 1.29 is 19.0 Å². The highest BCUT2D eigenvalue weighted by atomic mass is 35.5. The molecular weight excluding hydrogens is 354 g/mol. The summed E-state index contributed by atoms with van der Waals surface area (Å²) < 4.78 is 15.8. The molecule has 0 atom stereocenters. The molecule has 1 heterocycles. The van der Waals surface area contributed by atoms with E-state index >= 15 is 0 Å². The fourth-order valence-electron chi connectivity index (χ4n) is 2.89.